The zero-order chi connectivity index (χ0) is 10.5. The van der Waals surface area contributed by atoms with Gasteiger partial charge in [0.25, 0.3) is 0 Å². The van der Waals surface area contributed by atoms with E-state index in [0.717, 1.165) is 25.4 Å². The lowest BCUT2D eigenvalue weighted by Crippen LogP contribution is -2.37. The summed E-state index contributed by atoms with van der Waals surface area (Å²) in [6.07, 6.45) is 5.87. The maximum Gasteiger partial charge on any atom is 0.106 e. The van der Waals surface area contributed by atoms with Gasteiger partial charge in [0.05, 0.1) is 12.4 Å². The molecule has 0 aliphatic carbocycles. The van der Waals surface area contributed by atoms with E-state index in [1.807, 2.05) is 12.1 Å². The number of piperidine rings is 1. The van der Waals surface area contributed by atoms with Crippen LogP contribution in [0.3, 0.4) is 0 Å². The van der Waals surface area contributed by atoms with E-state index >= 15 is 0 Å². The molecule has 1 aliphatic heterocycles. The molecule has 1 saturated heterocycles. The molecule has 1 atom stereocenters. The first kappa shape index (κ1) is 10.7. The lowest BCUT2D eigenvalue weighted by Gasteiger charge is -2.28. The second kappa shape index (κ2) is 5.33. The smallest absolute Gasteiger partial charge is 0.106 e. The van der Waals surface area contributed by atoms with Crippen LogP contribution >= 0.6 is 0 Å². The number of nitrogens with zero attached hydrogens (tertiary/aromatic N) is 1. The lowest BCUT2D eigenvalue weighted by atomic mass is 10.1. The Hall–Kier alpha value is -0.800. The van der Waals surface area contributed by atoms with E-state index in [1.54, 1.807) is 6.26 Å². The summed E-state index contributed by atoms with van der Waals surface area (Å²) in [6, 6.07) is 3.78. The number of aliphatic hydroxyl groups is 1. The number of likely N-dealkylation sites (tertiary alicyclic amines) is 1. The third-order valence-electron chi connectivity index (χ3n) is 2.93. The first-order valence-electron chi connectivity index (χ1n) is 5.77. The van der Waals surface area contributed by atoms with Gasteiger partial charge in [-0.05, 0) is 38.1 Å². The van der Waals surface area contributed by atoms with Crippen LogP contribution in [0.4, 0.5) is 0 Å². The molecular formula is C12H19NO2. The van der Waals surface area contributed by atoms with Gasteiger partial charge < -0.3 is 14.4 Å². The SMILES string of the molecule is OC(Cc1ccco1)CN1CCCCC1. The van der Waals surface area contributed by atoms with E-state index in [-0.39, 0.29) is 6.10 Å². The summed E-state index contributed by atoms with van der Waals surface area (Å²) >= 11 is 0. The van der Waals surface area contributed by atoms with Gasteiger partial charge in [0, 0.05) is 13.0 Å². The molecule has 2 heterocycles. The maximum atomic E-state index is 9.87. The van der Waals surface area contributed by atoms with E-state index in [0.29, 0.717) is 6.42 Å². The van der Waals surface area contributed by atoms with E-state index in [9.17, 15) is 5.11 Å². The average molecular weight is 209 g/mol. The monoisotopic (exact) mass is 209 g/mol. The normalized spacial score (nSPS) is 20.3. The molecule has 15 heavy (non-hydrogen) atoms. The fraction of sp³-hybridized carbons (Fsp3) is 0.667. The molecule has 1 aromatic rings. The molecule has 0 radical (unpaired) electrons. The van der Waals surface area contributed by atoms with Crippen LogP contribution in [0.2, 0.25) is 0 Å². The van der Waals surface area contributed by atoms with E-state index in [1.165, 1.54) is 19.3 Å². The van der Waals surface area contributed by atoms with Crippen LogP contribution < -0.4 is 0 Å². The molecule has 84 valence electrons. The van der Waals surface area contributed by atoms with Gasteiger partial charge >= 0.3 is 0 Å². The first-order valence-corrected chi connectivity index (χ1v) is 5.77. The fourth-order valence-corrected chi connectivity index (χ4v) is 2.17. The summed E-state index contributed by atoms with van der Waals surface area (Å²) < 4.78 is 5.21. The van der Waals surface area contributed by atoms with Crippen molar-refractivity contribution in [3.63, 3.8) is 0 Å². The van der Waals surface area contributed by atoms with E-state index in [2.05, 4.69) is 4.90 Å². The standard InChI is InChI=1S/C12H19NO2/c14-11(9-12-5-4-8-15-12)10-13-6-2-1-3-7-13/h4-5,8,11,14H,1-3,6-7,9-10H2. The van der Waals surface area contributed by atoms with Crippen molar-refractivity contribution in [1.82, 2.24) is 4.90 Å². The van der Waals surface area contributed by atoms with Gasteiger partial charge in [-0.15, -0.1) is 0 Å². The molecule has 1 aromatic heterocycles. The third kappa shape index (κ3) is 3.36. The zero-order valence-electron chi connectivity index (χ0n) is 9.06. The number of hydrogen-bond acceptors (Lipinski definition) is 3. The molecule has 0 amide bonds. The third-order valence-corrected chi connectivity index (χ3v) is 2.93. The average Bonchev–Trinajstić information content (AvgIpc) is 2.71. The summed E-state index contributed by atoms with van der Waals surface area (Å²) in [5.74, 6) is 0.875. The van der Waals surface area contributed by atoms with Gasteiger partial charge in [-0.1, -0.05) is 6.42 Å². The van der Waals surface area contributed by atoms with Crippen molar-refractivity contribution in [2.45, 2.75) is 31.8 Å². The molecule has 0 saturated carbocycles. The van der Waals surface area contributed by atoms with Gasteiger partial charge in [0.2, 0.25) is 0 Å². The highest BCUT2D eigenvalue weighted by Crippen LogP contribution is 2.11. The van der Waals surface area contributed by atoms with Crippen LogP contribution in [0.1, 0.15) is 25.0 Å². The molecule has 3 heteroatoms. The Morgan fingerprint density at radius 3 is 2.80 bits per heavy atom. The highest BCUT2D eigenvalue weighted by atomic mass is 16.3. The molecule has 1 N–H and O–H groups in total. The molecule has 0 bridgehead atoms. The Labute approximate surface area is 90.7 Å². The topological polar surface area (TPSA) is 36.6 Å². The van der Waals surface area contributed by atoms with Crippen molar-refractivity contribution in [2.75, 3.05) is 19.6 Å². The second-order valence-electron chi connectivity index (χ2n) is 4.30. The minimum Gasteiger partial charge on any atom is -0.469 e. The largest absolute Gasteiger partial charge is 0.469 e. The van der Waals surface area contributed by atoms with E-state index in [4.69, 9.17) is 4.42 Å². The Morgan fingerprint density at radius 2 is 2.13 bits per heavy atom. The molecule has 1 unspecified atom stereocenters. The number of furan rings is 1. The quantitative estimate of drug-likeness (QED) is 0.819. The van der Waals surface area contributed by atoms with Crippen molar-refractivity contribution in [3.8, 4) is 0 Å². The number of aliphatic hydroxyl groups excluding tert-OH is 1. The summed E-state index contributed by atoms with van der Waals surface area (Å²) in [7, 11) is 0. The molecule has 1 aliphatic rings. The van der Waals surface area contributed by atoms with Crippen LogP contribution in [-0.2, 0) is 6.42 Å². The minimum atomic E-state index is -0.297. The zero-order valence-corrected chi connectivity index (χ0v) is 9.06. The van der Waals surface area contributed by atoms with Crippen molar-refractivity contribution in [1.29, 1.82) is 0 Å². The Morgan fingerprint density at radius 1 is 1.33 bits per heavy atom. The van der Waals surface area contributed by atoms with Gasteiger partial charge in [-0.25, -0.2) is 0 Å². The predicted molar refractivity (Wildman–Crippen MR) is 58.7 cm³/mol. The number of β-amino-alcohol motifs (C(OH)–C–C–N with tert-alkyl or cyclic N) is 1. The number of rotatable bonds is 4. The first-order chi connectivity index (χ1) is 7.34. The highest BCUT2D eigenvalue weighted by Gasteiger charge is 2.15. The van der Waals surface area contributed by atoms with Crippen molar-refractivity contribution >= 4 is 0 Å². The van der Waals surface area contributed by atoms with Crippen LogP contribution in [0, 0.1) is 0 Å². The summed E-state index contributed by atoms with van der Waals surface area (Å²) in [5.41, 5.74) is 0. The fourth-order valence-electron chi connectivity index (χ4n) is 2.17. The Kier molecular flexibility index (Phi) is 3.80. The molecule has 0 spiro atoms. The van der Waals surface area contributed by atoms with Crippen molar-refractivity contribution < 1.29 is 9.52 Å². The van der Waals surface area contributed by atoms with Crippen LogP contribution in [0.25, 0.3) is 0 Å². The van der Waals surface area contributed by atoms with Gasteiger partial charge in [-0.2, -0.15) is 0 Å². The summed E-state index contributed by atoms with van der Waals surface area (Å²) in [6.45, 7) is 3.05. The van der Waals surface area contributed by atoms with Crippen molar-refractivity contribution in [2.24, 2.45) is 0 Å². The summed E-state index contributed by atoms with van der Waals surface area (Å²) in [4.78, 5) is 2.34. The molecular weight excluding hydrogens is 190 g/mol. The van der Waals surface area contributed by atoms with Crippen LogP contribution in [-0.4, -0.2) is 35.7 Å². The molecule has 0 aromatic carbocycles. The van der Waals surface area contributed by atoms with Crippen molar-refractivity contribution in [3.05, 3.63) is 24.2 Å². The lowest BCUT2D eigenvalue weighted by molar-refractivity contribution is 0.0973. The van der Waals surface area contributed by atoms with Crippen LogP contribution in [0.15, 0.2) is 22.8 Å². The molecule has 3 nitrogen and oxygen atoms in total. The van der Waals surface area contributed by atoms with E-state index < -0.39 is 0 Å². The predicted octanol–water partition coefficient (Wildman–Crippen LogP) is 1.67. The Bertz CT molecular complexity index is 265. The highest BCUT2D eigenvalue weighted by molar-refractivity contribution is 4.99. The van der Waals surface area contributed by atoms with Gasteiger partial charge in [0.15, 0.2) is 0 Å². The Balaban J connectivity index is 1.74. The van der Waals surface area contributed by atoms with Gasteiger partial charge in [0.1, 0.15) is 5.76 Å². The molecule has 1 fully saturated rings. The van der Waals surface area contributed by atoms with Gasteiger partial charge in [-0.3, -0.25) is 0 Å². The molecule has 2 rings (SSSR count). The number of hydrogen-bond donors (Lipinski definition) is 1. The maximum absolute atomic E-state index is 9.87. The second-order valence-corrected chi connectivity index (χ2v) is 4.30. The minimum absolute atomic E-state index is 0.297. The summed E-state index contributed by atoms with van der Waals surface area (Å²) in [5, 5.41) is 9.87. The van der Waals surface area contributed by atoms with Crippen LogP contribution in [0.5, 0.6) is 0 Å².